The minimum absolute atomic E-state index is 0.0583. The van der Waals surface area contributed by atoms with Gasteiger partial charge in [-0.05, 0) is 29.7 Å². The second kappa shape index (κ2) is 5.67. The summed E-state index contributed by atoms with van der Waals surface area (Å²) >= 11 is 0. The highest BCUT2D eigenvalue weighted by atomic mass is 16.4. The molecule has 2 rings (SSSR count). The highest BCUT2D eigenvalue weighted by Gasteiger charge is 2.11. The maximum absolute atomic E-state index is 10.7. The van der Waals surface area contributed by atoms with E-state index in [1.807, 2.05) is 49.4 Å². The van der Waals surface area contributed by atoms with E-state index in [4.69, 9.17) is 10.8 Å². The average molecular weight is 255 g/mol. The summed E-state index contributed by atoms with van der Waals surface area (Å²) in [5, 5.41) is 8.79. The predicted molar refractivity (Wildman–Crippen MR) is 75.8 cm³/mol. The molecule has 0 heterocycles. The molecule has 0 radical (unpaired) electrons. The maximum atomic E-state index is 10.7. The van der Waals surface area contributed by atoms with Crippen LogP contribution >= 0.6 is 0 Å². The molecule has 0 unspecified atom stereocenters. The number of nitrogens with two attached hydrogens (primary N) is 1. The number of hydrogen-bond acceptors (Lipinski definition) is 2. The monoisotopic (exact) mass is 255 g/mol. The van der Waals surface area contributed by atoms with E-state index in [1.54, 1.807) is 0 Å². The number of benzene rings is 2. The molecule has 19 heavy (non-hydrogen) atoms. The quantitative estimate of drug-likeness (QED) is 0.882. The summed E-state index contributed by atoms with van der Waals surface area (Å²) in [6.45, 7) is 2.05. The first-order valence-electron chi connectivity index (χ1n) is 6.20. The molecular weight excluding hydrogens is 238 g/mol. The summed E-state index contributed by atoms with van der Waals surface area (Å²) in [7, 11) is 0. The summed E-state index contributed by atoms with van der Waals surface area (Å²) in [6, 6.07) is 15.5. The molecule has 3 N–H and O–H groups in total. The molecule has 0 aliphatic rings. The van der Waals surface area contributed by atoms with E-state index in [9.17, 15) is 4.79 Å². The molecule has 0 amide bonds. The van der Waals surface area contributed by atoms with Gasteiger partial charge in [0.15, 0.2) is 0 Å². The first-order chi connectivity index (χ1) is 9.06. The Morgan fingerprint density at radius 2 is 1.79 bits per heavy atom. The van der Waals surface area contributed by atoms with Crippen molar-refractivity contribution in [3.05, 3.63) is 59.7 Å². The van der Waals surface area contributed by atoms with E-state index in [0.29, 0.717) is 0 Å². The third-order valence-corrected chi connectivity index (χ3v) is 3.06. The molecule has 0 aliphatic carbocycles. The first kappa shape index (κ1) is 13.3. The van der Waals surface area contributed by atoms with E-state index >= 15 is 0 Å². The topological polar surface area (TPSA) is 63.3 Å². The van der Waals surface area contributed by atoms with Gasteiger partial charge in [-0.1, -0.05) is 48.0 Å². The predicted octanol–water partition coefficient (Wildman–Crippen LogP) is 3.14. The molecule has 1 atom stereocenters. The second-order valence-electron chi connectivity index (χ2n) is 4.70. The van der Waals surface area contributed by atoms with E-state index in [1.165, 1.54) is 5.56 Å². The van der Waals surface area contributed by atoms with E-state index in [0.717, 1.165) is 16.7 Å². The van der Waals surface area contributed by atoms with Crippen molar-refractivity contribution in [1.29, 1.82) is 0 Å². The Labute approximate surface area is 112 Å². The molecule has 3 nitrogen and oxygen atoms in total. The van der Waals surface area contributed by atoms with Crippen molar-refractivity contribution < 1.29 is 9.90 Å². The standard InChI is InChI=1S/C16H17NO2/c1-11-4-2-5-12(8-11)13-6-3-7-14(9-13)15(17)10-16(18)19/h2-9,15H,10,17H2,1H3,(H,18,19)/t15-/m0/s1. The van der Waals surface area contributed by atoms with Gasteiger partial charge in [-0.2, -0.15) is 0 Å². The maximum Gasteiger partial charge on any atom is 0.305 e. The smallest absolute Gasteiger partial charge is 0.305 e. The van der Waals surface area contributed by atoms with Crippen molar-refractivity contribution in [2.45, 2.75) is 19.4 Å². The van der Waals surface area contributed by atoms with E-state index < -0.39 is 12.0 Å². The molecule has 0 saturated heterocycles. The number of carbonyl (C=O) groups is 1. The lowest BCUT2D eigenvalue weighted by Gasteiger charge is -2.11. The minimum Gasteiger partial charge on any atom is -0.481 e. The SMILES string of the molecule is Cc1cccc(-c2cccc([C@@H](N)CC(=O)O)c2)c1. The van der Waals surface area contributed by atoms with Gasteiger partial charge in [-0.3, -0.25) is 4.79 Å². The normalized spacial score (nSPS) is 12.1. The fourth-order valence-electron chi connectivity index (χ4n) is 2.08. The summed E-state index contributed by atoms with van der Waals surface area (Å²) in [6.07, 6.45) is -0.0583. The highest BCUT2D eigenvalue weighted by molar-refractivity contribution is 5.69. The van der Waals surface area contributed by atoms with Gasteiger partial charge in [-0.15, -0.1) is 0 Å². The Morgan fingerprint density at radius 1 is 1.16 bits per heavy atom. The van der Waals surface area contributed by atoms with Gasteiger partial charge >= 0.3 is 5.97 Å². The molecule has 0 saturated carbocycles. The average Bonchev–Trinajstić information content (AvgIpc) is 2.38. The van der Waals surface area contributed by atoms with Gasteiger partial charge in [0.05, 0.1) is 6.42 Å². The Bertz CT molecular complexity index is 593. The van der Waals surface area contributed by atoms with Crippen molar-refractivity contribution in [1.82, 2.24) is 0 Å². The van der Waals surface area contributed by atoms with Crippen molar-refractivity contribution in [2.75, 3.05) is 0 Å². The largest absolute Gasteiger partial charge is 0.481 e. The fourth-order valence-corrected chi connectivity index (χ4v) is 2.08. The lowest BCUT2D eigenvalue weighted by molar-refractivity contribution is -0.137. The third kappa shape index (κ3) is 3.42. The van der Waals surface area contributed by atoms with Crippen LogP contribution in [0.2, 0.25) is 0 Å². The van der Waals surface area contributed by atoms with Gasteiger partial charge in [0.2, 0.25) is 0 Å². The van der Waals surface area contributed by atoms with Crippen LogP contribution in [0, 0.1) is 6.92 Å². The zero-order valence-corrected chi connectivity index (χ0v) is 10.8. The molecule has 0 spiro atoms. The van der Waals surface area contributed by atoms with Crippen LogP contribution in [0.25, 0.3) is 11.1 Å². The molecule has 0 aromatic heterocycles. The molecule has 0 aliphatic heterocycles. The molecule has 0 bridgehead atoms. The van der Waals surface area contributed by atoms with Crippen LogP contribution in [-0.2, 0) is 4.79 Å². The lowest BCUT2D eigenvalue weighted by Crippen LogP contribution is -2.14. The van der Waals surface area contributed by atoms with Crippen LogP contribution in [0.1, 0.15) is 23.6 Å². The summed E-state index contributed by atoms with van der Waals surface area (Å²) in [5.74, 6) is -0.881. The molecule has 2 aromatic carbocycles. The lowest BCUT2D eigenvalue weighted by atomic mass is 9.97. The minimum atomic E-state index is -0.881. The van der Waals surface area contributed by atoms with E-state index in [2.05, 4.69) is 6.07 Å². The van der Waals surface area contributed by atoms with Crippen LogP contribution in [0.3, 0.4) is 0 Å². The van der Waals surface area contributed by atoms with Crippen molar-refractivity contribution in [3.8, 4) is 11.1 Å². The number of carboxylic acid groups (broad SMARTS) is 1. The number of hydrogen-bond donors (Lipinski definition) is 2. The highest BCUT2D eigenvalue weighted by Crippen LogP contribution is 2.24. The van der Waals surface area contributed by atoms with Gasteiger partial charge in [0.25, 0.3) is 0 Å². The van der Waals surface area contributed by atoms with Gasteiger partial charge < -0.3 is 10.8 Å². The summed E-state index contributed by atoms with van der Waals surface area (Å²) in [5.41, 5.74) is 10.1. The van der Waals surface area contributed by atoms with Gasteiger partial charge in [0.1, 0.15) is 0 Å². The van der Waals surface area contributed by atoms with Crippen LogP contribution in [-0.4, -0.2) is 11.1 Å². The summed E-state index contributed by atoms with van der Waals surface area (Å²) < 4.78 is 0. The zero-order chi connectivity index (χ0) is 13.8. The van der Waals surface area contributed by atoms with Crippen molar-refractivity contribution >= 4 is 5.97 Å². The number of aliphatic carboxylic acids is 1. The Balaban J connectivity index is 2.31. The Kier molecular flexibility index (Phi) is 3.97. The van der Waals surface area contributed by atoms with E-state index in [-0.39, 0.29) is 6.42 Å². The zero-order valence-electron chi connectivity index (χ0n) is 10.8. The number of aryl methyl sites for hydroxylation is 1. The molecule has 3 heteroatoms. The second-order valence-corrected chi connectivity index (χ2v) is 4.70. The van der Waals surface area contributed by atoms with Crippen LogP contribution in [0.15, 0.2) is 48.5 Å². The fraction of sp³-hybridized carbons (Fsp3) is 0.188. The Morgan fingerprint density at radius 3 is 2.42 bits per heavy atom. The molecule has 98 valence electrons. The molecule has 0 fully saturated rings. The molecule has 2 aromatic rings. The van der Waals surface area contributed by atoms with Gasteiger partial charge in [0, 0.05) is 6.04 Å². The van der Waals surface area contributed by atoms with Crippen LogP contribution in [0.4, 0.5) is 0 Å². The van der Waals surface area contributed by atoms with Crippen molar-refractivity contribution in [2.24, 2.45) is 5.73 Å². The van der Waals surface area contributed by atoms with Gasteiger partial charge in [-0.25, -0.2) is 0 Å². The third-order valence-electron chi connectivity index (χ3n) is 3.06. The van der Waals surface area contributed by atoms with Crippen LogP contribution < -0.4 is 5.73 Å². The number of carboxylic acids is 1. The van der Waals surface area contributed by atoms with Crippen molar-refractivity contribution in [3.63, 3.8) is 0 Å². The summed E-state index contributed by atoms with van der Waals surface area (Å²) in [4.78, 5) is 10.7. The van der Waals surface area contributed by atoms with Crippen LogP contribution in [0.5, 0.6) is 0 Å². The number of rotatable bonds is 4. The molecular formula is C16H17NO2. The Hall–Kier alpha value is -2.13. The first-order valence-corrected chi connectivity index (χ1v) is 6.20.